The molecule has 1 atom stereocenters. The number of methoxy groups -OCH3 is 2. The third-order valence-corrected chi connectivity index (χ3v) is 7.16. The molecule has 3 aromatic rings. The van der Waals surface area contributed by atoms with E-state index < -0.39 is 11.0 Å². The van der Waals surface area contributed by atoms with Crippen LogP contribution < -0.4 is 26.4 Å². The quantitative estimate of drug-likeness (QED) is 0.338. The van der Waals surface area contributed by atoms with E-state index in [0.29, 0.717) is 35.6 Å². The molecule has 0 aliphatic carbocycles. The summed E-state index contributed by atoms with van der Waals surface area (Å²) in [4.78, 5) is 31.4. The van der Waals surface area contributed by atoms with Crippen LogP contribution in [-0.2, 0) is 19.5 Å². The number of rotatable bonds is 8. The summed E-state index contributed by atoms with van der Waals surface area (Å²) in [5.41, 5.74) is 13.3. The number of fused-ring (bicyclic) bond motifs is 3. The fourth-order valence-electron chi connectivity index (χ4n) is 5.33. The maximum absolute atomic E-state index is 14.1. The van der Waals surface area contributed by atoms with Crippen LogP contribution in [0.15, 0.2) is 52.0 Å². The Labute approximate surface area is 232 Å². The van der Waals surface area contributed by atoms with Gasteiger partial charge in [0.25, 0.3) is 6.20 Å². The van der Waals surface area contributed by atoms with Crippen LogP contribution in [0.5, 0.6) is 11.5 Å². The van der Waals surface area contributed by atoms with E-state index in [1.54, 1.807) is 37.8 Å². The smallest absolute Gasteiger partial charge is 0.330 e. The second-order valence-electron chi connectivity index (χ2n) is 10.2. The zero-order valence-electron chi connectivity index (χ0n) is 24.0. The normalized spacial score (nSPS) is 13.9. The zero-order valence-corrected chi connectivity index (χ0v) is 24.0. The molecule has 2 N–H and O–H groups in total. The summed E-state index contributed by atoms with van der Waals surface area (Å²) in [5, 5.41) is 11.3. The molecule has 11 nitrogen and oxygen atoms in total. The monoisotopic (exact) mass is 548 g/mol. The molecule has 0 radical (unpaired) electrons. The second-order valence-corrected chi connectivity index (χ2v) is 10.2. The van der Waals surface area contributed by atoms with Crippen molar-refractivity contribution >= 4 is 5.69 Å². The van der Waals surface area contributed by atoms with Crippen molar-refractivity contribution in [1.82, 2.24) is 14.0 Å². The van der Waals surface area contributed by atoms with Crippen molar-refractivity contribution in [2.24, 2.45) is 10.7 Å². The first kappa shape index (κ1) is 28.6. The number of nitrogens with zero attached hydrogens (tertiary/aromatic N) is 5. The number of hydrogen-bond acceptors (Lipinski definition) is 8. The van der Waals surface area contributed by atoms with Gasteiger partial charge < -0.3 is 20.1 Å². The van der Waals surface area contributed by atoms with Gasteiger partial charge in [-0.05, 0) is 56.0 Å². The molecule has 0 bridgehead atoms. The van der Waals surface area contributed by atoms with Crippen molar-refractivity contribution < 1.29 is 14.4 Å². The molecule has 0 spiro atoms. The highest BCUT2D eigenvalue weighted by Gasteiger charge is 2.24. The first-order valence-electron chi connectivity index (χ1n) is 13.0. The second kappa shape index (κ2) is 11.4. The minimum absolute atomic E-state index is 0.00144. The fraction of sp³-hybridized carbons (Fsp3) is 0.379. The third-order valence-electron chi connectivity index (χ3n) is 7.16. The van der Waals surface area contributed by atoms with Crippen LogP contribution in [0, 0.1) is 30.9 Å². The first-order chi connectivity index (χ1) is 18.9. The largest absolute Gasteiger partial charge is 0.493 e. The van der Waals surface area contributed by atoms with Crippen molar-refractivity contribution in [3.05, 3.63) is 90.6 Å². The Morgan fingerprint density at radius 1 is 1.12 bits per heavy atom. The molecule has 0 amide bonds. The van der Waals surface area contributed by atoms with Crippen LogP contribution in [-0.4, -0.2) is 53.3 Å². The molecular weight excluding hydrogens is 512 g/mol. The Hall–Kier alpha value is -4.38. The van der Waals surface area contributed by atoms with Crippen LogP contribution in [0.1, 0.15) is 22.3 Å². The van der Waals surface area contributed by atoms with Crippen LogP contribution in [0.4, 0.5) is 5.69 Å². The molecule has 2 heterocycles. The highest BCUT2D eigenvalue weighted by Crippen LogP contribution is 2.37. The van der Waals surface area contributed by atoms with Gasteiger partial charge in [-0.3, -0.25) is 19.2 Å². The minimum Gasteiger partial charge on any atom is -0.493 e. The van der Waals surface area contributed by atoms with Gasteiger partial charge in [0.1, 0.15) is 11.2 Å². The van der Waals surface area contributed by atoms with Gasteiger partial charge in [0, 0.05) is 32.3 Å². The highest BCUT2D eigenvalue weighted by atomic mass is 16.6. The number of ether oxygens (including phenoxy) is 2. The Morgan fingerprint density at radius 2 is 1.75 bits per heavy atom. The van der Waals surface area contributed by atoms with Crippen molar-refractivity contribution in [3.63, 3.8) is 0 Å². The molecule has 0 saturated carbocycles. The van der Waals surface area contributed by atoms with Crippen LogP contribution in [0.25, 0.3) is 11.3 Å². The molecule has 2 aromatic carbocycles. The van der Waals surface area contributed by atoms with E-state index in [0.717, 1.165) is 39.7 Å². The number of benzene rings is 2. The van der Waals surface area contributed by atoms with Crippen LogP contribution in [0.2, 0.25) is 0 Å². The Morgan fingerprint density at radius 3 is 2.33 bits per heavy atom. The standard InChI is InChI=1S/C29H36N6O5/c1-17-10-18(2)28(19(3)11-17)31-27-14-23-21-13-26(40-7)25(39-6)12-20(21)8-9-33(23)29(36)34(27)15-22(30)24(32(4)5)16-35(37)38/h10-14,16,22H,8-9,15,30H2,1-7H3. The van der Waals surface area contributed by atoms with Gasteiger partial charge in [-0.15, -0.1) is 0 Å². The lowest BCUT2D eigenvalue weighted by atomic mass is 9.97. The average Bonchev–Trinajstić information content (AvgIpc) is 2.89. The summed E-state index contributed by atoms with van der Waals surface area (Å²) in [6, 6.07) is 8.96. The Balaban J connectivity index is 2.01. The van der Waals surface area contributed by atoms with E-state index in [1.807, 2.05) is 51.1 Å². The molecule has 11 heteroatoms. The van der Waals surface area contributed by atoms with E-state index in [4.69, 9.17) is 20.2 Å². The molecule has 0 fully saturated rings. The van der Waals surface area contributed by atoms with Gasteiger partial charge in [-0.2, -0.15) is 0 Å². The molecule has 4 rings (SSSR count). The summed E-state index contributed by atoms with van der Waals surface area (Å²) >= 11 is 0. The predicted molar refractivity (Wildman–Crippen MR) is 154 cm³/mol. The lowest BCUT2D eigenvalue weighted by Crippen LogP contribution is -2.47. The van der Waals surface area contributed by atoms with Gasteiger partial charge >= 0.3 is 5.69 Å². The number of aromatic nitrogens is 2. The summed E-state index contributed by atoms with van der Waals surface area (Å²) < 4.78 is 14.3. The van der Waals surface area contributed by atoms with E-state index in [-0.39, 0.29) is 17.9 Å². The topological polar surface area (TPSA) is 130 Å². The molecule has 40 heavy (non-hydrogen) atoms. The maximum atomic E-state index is 14.1. The SMILES string of the molecule is COc1cc2c(cc1OC)-c1cc(=Nc3c(C)cc(C)cc3C)n(CC(N)C(=C[N+](=O)[O-])N(C)C)c(=O)n1CC2. The fourth-order valence-corrected chi connectivity index (χ4v) is 5.33. The number of nitro groups is 1. The zero-order chi connectivity index (χ0) is 29.3. The number of hydrogen-bond donors (Lipinski definition) is 1. The minimum atomic E-state index is -0.828. The molecule has 212 valence electrons. The summed E-state index contributed by atoms with van der Waals surface area (Å²) in [5.74, 6) is 1.18. The summed E-state index contributed by atoms with van der Waals surface area (Å²) in [6.07, 6.45) is 1.49. The van der Waals surface area contributed by atoms with E-state index in [1.165, 1.54) is 4.57 Å². The van der Waals surface area contributed by atoms with Crippen LogP contribution in [0.3, 0.4) is 0 Å². The first-order valence-corrected chi connectivity index (χ1v) is 13.0. The summed E-state index contributed by atoms with van der Waals surface area (Å²) in [7, 11) is 6.53. The molecule has 1 aliphatic heterocycles. The van der Waals surface area contributed by atoms with Crippen LogP contribution >= 0.6 is 0 Å². The molecule has 0 saturated heterocycles. The average molecular weight is 549 g/mol. The van der Waals surface area contributed by atoms with Gasteiger partial charge in [0.15, 0.2) is 11.5 Å². The van der Waals surface area contributed by atoms with Gasteiger partial charge in [0.05, 0.1) is 43.1 Å². The molecule has 1 aromatic heterocycles. The lowest BCUT2D eigenvalue weighted by molar-refractivity contribution is -0.404. The van der Waals surface area contributed by atoms with Gasteiger partial charge in [-0.1, -0.05) is 17.7 Å². The number of aryl methyl sites for hydroxylation is 4. The number of likely N-dealkylation sites (N-methyl/N-ethyl adjacent to an activating group) is 1. The van der Waals surface area contributed by atoms with Crippen molar-refractivity contribution in [1.29, 1.82) is 0 Å². The van der Waals surface area contributed by atoms with Crippen molar-refractivity contribution in [2.75, 3.05) is 28.3 Å². The third kappa shape index (κ3) is 5.50. The van der Waals surface area contributed by atoms with Gasteiger partial charge in [0.2, 0.25) is 0 Å². The molecule has 1 unspecified atom stereocenters. The van der Waals surface area contributed by atoms with E-state index in [2.05, 4.69) is 0 Å². The lowest BCUT2D eigenvalue weighted by Gasteiger charge is -2.26. The van der Waals surface area contributed by atoms with Gasteiger partial charge in [-0.25, -0.2) is 9.79 Å². The predicted octanol–water partition coefficient (Wildman–Crippen LogP) is 3.05. The Bertz CT molecular complexity index is 1610. The molecular formula is C29H36N6O5. The van der Waals surface area contributed by atoms with E-state index >= 15 is 0 Å². The summed E-state index contributed by atoms with van der Waals surface area (Å²) in [6.45, 7) is 6.43. The van der Waals surface area contributed by atoms with Crippen molar-refractivity contribution in [2.45, 2.75) is 46.3 Å². The maximum Gasteiger partial charge on any atom is 0.330 e. The molecule has 1 aliphatic rings. The van der Waals surface area contributed by atoms with Crippen molar-refractivity contribution in [3.8, 4) is 22.8 Å². The highest BCUT2D eigenvalue weighted by molar-refractivity contribution is 5.70. The number of nitrogens with two attached hydrogens (primary N) is 1. The van der Waals surface area contributed by atoms with E-state index in [9.17, 15) is 14.9 Å². The Kier molecular flexibility index (Phi) is 8.15.